The zero-order valence-electron chi connectivity index (χ0n) is 15.0. The van der Waals surface area contributed by atoms with Gasteiger partial charge >= 0.3 is 0 Å². The molecule has 5 nitrogen and oxygen atoms in total. The standard InChI is InChI=1S/C20H25NO4/c1-4-24-17-11-12-19(25-5-2)18(14-17)21-20(22)13-8-15-6-9-16(23-3)10-7-15/h6-7,9-12,14H,4-5,8,13H2,1-3H3,(H,21,22). The van der Waals surface area contributed by atoms with Crippen LogP contribution in [0.3, 0.4) is 0 Å². The van der Waals surface area contributed by atoms with Crippen LogP contribution in [0.4, 0.5) is 5.69 Å². The maximum Gasteiger partial charge on any atom is 0.224 e. The molecule has 0 aliphatic heterocycles. The maximum absolute atomic E-state index is 12.3. The van der Waals surface area contributed by atoms with Crippen molar-refractivity contribution in [1.82, 2.24) is 0 Å². The first-order valence-corrected chi connectivity index (χ1v) is 8.48. The zero-order valence-corrected chi connectivity index (χ0v) is 15.0. The fourth-order valence-electron chi connectivity index (χ4n) is 2.41. The van der Waals surface area contributed by atoms with Gasteiger partial charge in [-0.05, 0) is 50.1 Å². The van der Waals surface area contributed by atoms with Crippen LogP contribution in [0.2, 0.25) is 0 Å². The normalized spacial score (nSPS) is 10.2. The van der Waals surface area contributed by atoms with Crippen LogP contribution in [0, 0.1) is 0 Å². The Hall–Kier alpha value is -2.69. The molecule has 0 aliphatic rings. The topological polar surface area (TPSA) is 56.8 Å². The lowest BCUT2D eigenvalue weighted by Gasteiger charge is -2.13. The van der Waals surface area contributed by atoms with Crippen LogP contribution >= 0.6 is 0 Å². The Morgan fingerprint density at radius 1 is 0.960 bits per heavy atom. The third-order valence-electron chi connectivity index (χ3n) is 3.64. The van der Waals surface area contributed by atoms with Crippen LogP contribution in [-0.4, -0.2) is 26.2 Å². The summed E-state index contributed by atoms with van der Waals surface area (Å²) in [7, 11) is 1.63. The van der Waals surface area contributed by atoms with Crippen molar-refractivity contribution >= 4 is 11.6 Å². The molecular weight excluding hydrogens is 318 g/mol. The Morgan fingerprint density at radius 3 is 2.28 bits per heavy atom. The molecule has 5 heteroatoms. The van der Waals surface area contributed by atoms with Crippen LogP contribution in [-0.2, 0) is 11.2 Å². The molecular formula is C20H25NO4. The Morgan fingerprint density at radius 2 is 1.64 bits per heavy atom. The van der Waals surface area contributed by atoms with Crippen LogP contribution in [0.25, 0.3) is 0 Å². The molecule has 0 spiro atoms. The predicted octanol–water partition coefficient (Wildman–Crippen LogP) is 4.06. The second-order valence-electron chi connectivity index (χ2n) is 5.42. The van der Waals surface area contributed by atoms with E-state index in [2.05, 4.69) is 5.32 Å². The van der Waals surface area contributed by atoms with Gasteiger partial charge in [0.2, 0.25) is 5.91 Å². The van der Waals surface area contributed by atoms with Crippen LogP contribution in [0.15, 0.2) is 42.5 Å². The summed E-state index contributed by atoms with van der Waals surface area (Å²) in [5.74, 6) is 2.09. The first-order valence-electron chi connectivity index (χ1n) is 8.48. The first kappa shape index (κ1) is 18.6. The van der Waals surface area contributed by atoms with Gasteiger partial charge in [0.1, 0.15) is 17.2 Å². The molecule has 0 saturated heterocycles. The quantitative estimate of drug-likeness (QED) is 0.746. The summed E-state index contributed by atoms with van der Waals surface area (Å²) in [4.78, 5) is 12.3. The predicted molar refractivity (Wildman–Crippen MR) is 98.7 cm³/mol. The summed E-state index contributed by atoms with van der Waals surface area (Å²) in [6.07, 6.45) is 1.04. The van der Waals surface area contributed by atoms with E-state index in [4.69, 9.17) is 14.2 Å². The monoisotopic (exact) mass is 343 g/mol. The minimum absolute atomic E-state index is 0.0644. The van der Waals surface area contributed by atoms with Crippen molar-refractivity contribution in [1.29, 1.82) is 0 Å². The molecule has 0 saturated carbocycles. The highest BCUT2D eigenvalue weighted by Crippen LogP contribution is 2.29. The van der Waals surface area contributed by atoms with E-state index in [0.29, 0.717) is 43.2 Å². The molecule has 2 aromatic rings. The van der Waals surface area contributed by atoms with Crippen LogP contribution < -0.4 is 19.5 Å². The summed E-state index contributed by atoms with van der Waals surface area (Å²) < 4.78 is 16.2. The van der Waals surface area contributed by atoms with Crippen LogP contribution in [0.1, 0.15) is 25.8 Å². The van der Waals surface area contributed by atoms with Crippen LogP contribution in [0.5, 0.6) is 17.2 Å². The van der Waals surface area contributed by atoms with Crippen molar-refractivity contribution < 1.29 is 19.0 Å². The third-order valence-corrected chi connectivity index (χ3v) is 3.64. The van der Waals surface area contributed by atoms with Crippen molar-refractivity contribution in [2.45, 2.75) is 26.7 Å². The summed E-state index contributed by atoms with van der Waals surface area (Å²) in [5.41, 5.74) is 1.72. The molecule has 0 unspecified atom stereocenters. The SMILES string of the molecule is CCOc1ccc(OCC)c(NC(=O)CCc2ccc(OC)cc2)c1. The Balaban J connectivity index is 1.99. The summed E-state index contributed by atoms with van der Waals surface area (Å²) in [5, 5.41) is 2.92. The van der Waals surface area contributed by atoms with Gasteiger partial charge in [-0.3, -0.25) is 4.79 Å². The van der Waals surface area contributed by atoms with Gasteiger partial charge in [0, 0.05) is 12.5 Å². The van der Waals surface area contributed by atoms with Gasteiger partial charge in [-0.15, -0.1) is 0 Å². The molecule has 0 bridgehead atoms. The van der Waals surface area contributed by atoms with Crippen molar-refractivity contribution in [3.63, 3.8) is 0 Å². The molecule has 1 amide bonds. The number of hydrogen-bond acceptors (Lipinski definition) is 4. The molecule has 0 aromatic heterocycles. The van der Waals surface area contributed by atoms with Gasteiger partial charge < -0.3 is 19.5 Å². The van der Waals surface area contributed by atoms with E-state index in [1.54, 1.807) is 13.2 Å². The molecule has 0 radical (unpaired) electrons. The summed E-state index contributed by atoms with van der Waals surface area (Å²) in [6.45, 7) is 4.93. The van der Waals surface area contributed by atoms with E-state index in [1.807, 2.05) is 50.2 Å². The van der Waals surface area contributed by atoms with E-state index in [9.17, 15) is 4.79 Å². The molecule has 2 rings (SSSR count). The number of nitrogens with one attached hydrogen (secondary N) is 1. The average molecular weight is 343 g/mol. The van der Waals surface area contributed by atoms with Gasteiger partial charge in [0.15, 0.2) is 0 Å². The maximum atomic E-state index is 12.3. The molecule has 1 N–H and O–H groups in total. The Bertz CT molecular complexity index is 683. The molecule has 0 atom stereocenters. The number of carbonyl (C=O) groups excluding carboxylic acids is 1. The first-order chi connectivity index (χ1) is 12.2. The number of anilines is 1. The minimum Gasteiger partial charge on any atom is -0.497 e. The smallest absolute Gasteiger partial charge is 0.224 e. The van der Waals surface area contributed by atoms with Crippen molar-refractivity contribution in [2.75, 3.05) is 25.6 Å². The fraction of sp³-hybridized carbons (Fsp3) is 0.350. The average Bonchev–Trinajstić information content (AvgIpc) is 2.63. The molecule has 2 aromatic carbocycles. The number of methoxy groups -OCH3 is 1. The van der Waals surface area contributed by atoms with Gasteiger partial charge in [0.05, 0.1) is 26.0 Å². The number of benzene rings is 2. The molecule has 0 fully saturated rings. The summed E-state index contributed by atoms with van der Waals surface area (Å²) in [6, 6.07) is 13.2. The molecule has 0 aliphatic carbocycles. The van der Waals surface area contributed by atoms with Crippen molar-refractivity contribution in [2.24, 2.45) is 0 Å². The lowest BCUT2D eigenvalue weighted by Crippen LogP contribution is -2.13. The van der Waals surface area contributed by atoms with Crippen molar-refractivity contribution in [3.8, 4) is 17.2 Å². The highest BCUT2D eigenvalue weighted by Gasteiger charge is 2.10. The molecule has 25 heavy (non-hydrogen) atoms. The number of aryl methyl sites for hydroxylation is 1. The fourth-order valence-corrected chi connectivity index (χ4v) is 2.41. The summed E-state index contributed by atoms with van der Waals surface area (Å²) >= 11 is 0. The number of amides is 1. The van der Waals surface area contributed by atoms with Gasteiger partial charge in [-0.25, -0.2) is 0 Å². The number of hydrogen-bond donors (Lipinski definition) is 1. The second-order valence-corrected chi connectivity index (χ2v) is 5.42. The van der Waals surface area contributed by atoms with E-state index in [1.165, 1.54) is 0 Å². The Labute approximate surface area is 148 Å². The highest BCUT2D eigenvalue weighted by molar-refractivity contribution is 5.92. The van der Waals surface area contributed by atoms with Gasteiger partial charge in [-0.1, -0.05) is 12.1 Å². The van der Waals surface area contributed by atoms with Gasteiger partial charge in [-0.2, -0.15) is 0 Å². The molecule has 134 valence electrons. The lowest BCUT2D eigenvalue weighted by molar-refractivity contribution is -0.116. The van der Waals surface area contributed by atoms with E-state index >= 15 is 0 Å². The highest BCUT2D eigenvalue weighted by atomic mass is 16.5. The van der Waals surface area contributed by atoms with Gasteiger partial charge in [0.25, 0.3) is 0 Å². The van der Waals surface area contributed by atoms with E-state index < -0.39 is 0 Å². The molecule has 0 heterocycles. The van der Waals surface area contributed by atoms with Crippen molar-refractivity contribution in [3.05, 3.63) is 48.0 Å². The minimum atomic E-state index is -0.0644. The Kier molecular flexibility index (Phi) is 7.14. The number of rotatable bonds is 9. The van der Waals surface area contributed by atoms with E-state index in [0.717, 1.165) is 11.3 Å². The largest absolute Gasteiger partial charge is 0.497 e. The second kappa shape index (κ2) is 9.57. The third kappa shape index (κ3) is 5.71. The van der Waals surface area contributed by atoms with E-state index in [-0.39, 0.29) is 5.91 Å². The number of carbonyl (C=O) groups is 1. The zero-order chi connectivity index (χ0) is 18.1. The lowest BCUT2D eigenvalue weighted by atomic mass is 10.1. The number of ether oxygens (including phenoxy) is 3.